The van der Waals surface area contributed by atoms with Gasteiger partial charge in [-0.2, -0.15) is 0 Å². The molecule has 0 bridgehead atoms. The number of hydrogen-bond donors (Lipinski definition) is 1. The molecule has 120 valence electrons. The predicted octanol–water partition coefficient (Wildman–Crippen LogP) is 3.79. The quantitative estimate of drug-likeness (QED) is 0.932. The Balaban J connectivity index is 1.64. The van der Waals surface area contributed by atoms with E-state index in [1.165, 1.54) is 35.4 Å². The third-order valence-electron chi connectivity index (χ3n) is 4.18. The van der Waals surface area contributed by atoms with Gasteiger partial charge < -0.3 is 10.1 Å². The van der Waals surface area contributed by atoms with Crippen LogP contribution >= 0.6 is 0 Å². The van der Waals surface area contributed by atoms with Crippen molar-refractivity contribution in [2.24, 2.45) is 0 Å². The van der Waals surface area contributed by atoms with E-state index in [1.54, 1.807) is 6.92 Å². The standard InChI is InChI=1S/C19H20FNO2/c1-13(23-16-11-9-15(20)10-12-16)19(22)21-18-8-4-6-14-5-2-3-7-17(14)18/h2-3,5,7,9-13,18H,4,6,8H2,1H3,(H,21,22)/t13-,18-/m0/s1. The van der Waals surface area contributed by atoms with Crippen molar-refractivity contribution in [2.45, 2.75) is 38.3 Å². The average Bonchev–Trinajstić information content (AvgIpc) is 2.57. The summed E-state index contributed by atoms with van der Waals surface area (Å²) in [5.74, 6) is 0.00221. The van der Waals surface area contributed by atoms with Crippen molar-refractivity contribution in [3.8, 4) is 5.75 Å². The molecule has 0 unspecified atom stereocenters. The lowest BCUT2D eigenvalue weighted by Gasteiger charge is -2.27. The maximum absolute atomic E-state index is 12.9. The molecule has 3 nitrogen and oxygen atoms in total. The number of aryl methyl sites for hydroxylation is 1. The minimum Gasteiger partial charge on any atom is -0.481 e. The molecule has 2 aromatic carbocycles. The van der Waals surface area contributed by atoms with E-state index in [4.69, 9.17) is 4.74 Å². The number of halogens is 1. The number of rotatable bonds is 4. The van der Waals surface area contributed by atoms with Crippen LogP contribution in [0.15, 0.2) is 48.5 Å². The molecule has 2 atom stereocenters. The molecule has 1 N–H and O–H groups in total. The number of nitrogens with one attached hydrogen (secondary N) is 1. The molecular formula is C19H20FNO2. The van der Waals surface area contributed by atoms with Crippen molar-refractivity contribution in [1.82, 2.24) is 5.32 Å². The fourth-order valence-electron chi connectivity index (χ4n) is 2.96. The van der Waals surface area contributed by atoms with Crippen LogP contribution in [-0.2, 0) is 11.2 Å². The van der Waals surface area contributed by atoms with Gasteiger partial charge in [0, 0.05) is 0 Å². The Morgan fingerprint density at radius 3 is 2.74 bits per heavy atom. The zero-order chi connectivity index (χ0) is 16.2. The number of amides is 1. The van der Waals surface area contributed by atoms with E-state index >= 15 is 0 Å². The zero-order valence-corrected chi connectivity index (χ0v) is 13.1. The molecule has 1 amide bonds. The van der Waals surface area contributed by atoms with Crippen molar-refractivity contribution < 1.29 is 13.9 Å². The number of benzene rings is 2. The molecule has 1 aliphatic carbocycles. The Bertz CT molecular complexity index is 684. The molecule has 4 heteroatoms. The third kappa shape index (κ3) is 3.70. The van der Waals surface area contributed by atoms with Crippen LogP contribution in [0.25, 0.3) is 0 Å². The van der Waals surface area contributed by atoms with Gasteiger partial charge in [-0.1, -0.05) is 24.3 Å². The van der Waals surface area contributed by atoms with E-state index in [0.29, 0.717) is 5.75 Å². The van der Waals surface area contributed by atoms with Gasteiger partial charge in [-0.3, -0.25) is 4.79 Å². The number of ether oxygens (including phenoxy) is 1. The van der Waals surface area contributed by atoms with Gasteiger partial charge in [0.15, 0.2) is 6.10 Å². The molecule has 0 saturated heterocycles. The van der Waals surface area contributed by atoms with Crippen molar-refractivity contribution in [3.63, 3.8) is 0 Å². The van der Waals surface area contributed by atoms with Crippen LogP contribution in [-0.4, -0.2) is 12.0 Å². The first-order chi connectivity index (χ1) is 11.1. The van der Waals surface area contributed by atoms with Gasteiger partial charge in [-0.25, -0.2) is 4.39 Å². The highest BCUT2D eigenvalue weighted by Gasteiger charge is 2.24. The molecule has 0 saturated carbocycles. The van der Waals surface area contributed by atoms with Crippen molar-refractivity contribution >= 4 is 5.91 Å². The van der Waals surface area contributed by atoms with Crippen LogP contribution in [0.2, 0.25) is 0 Å². The van der Waals surface area contributed by atoms with Crippen LogP contribution < -0.4 is 10.1 Å². The molecule has 0 aromatic heterocycles. The van der Waals surface area contributed by atoms with E-state index in [2.05, 4.69) is 17.4 Å². The molecule has 1 aliphatic rings. The summed E-state index contributed by atoms with van der Waals surface area (Å²) in [6, 6.07) is 13.9. The van der Waals surface area contributed by atoms with Gasteiger partial charge in [-0.05, 0) is 61.6 Å². The minimum absolute atomic E-state index is 0.0340. The number of carbonyl (C=O) groups is 1. The van der Waals surface area contributed by atoms with Crippen LogP contribution in [0.1, 0.15) is 36.9 Å². The van der Waals surface area contributed by atoms with E-state index in [0.717, 1.165) is 19.3 Å². The maximum atomic E-state index is 12.9. The highest BCUT2D eigenvalue weighted by molar-refractivity contribution is 5.81. The molecule has 0 spiro atoms. The van der Waals surface area contributed by atoms with Crippen molar-refractivity contribution in [2.75, 3.05) is 0 Å². The molecule has 0 heterocycles. The Hall–Kier alpha value is -2.36. The summed E-state index contributed by atoms with van der Waals surface area (Å²) in [4.78, 5) is 12.4. The number of hydrogen-bond acceptors (Lipinski definition) is 2. The molecule has 3 rings (SSSR count). The van der Waals surface area contributed by atoms with Gasteiger partial charge in [0.2, 0.25) is 0 Å². The fourth-order valence-corrected chi connectivity index (χ4v) is 2.96. The summed E-state index contributed by atoms with van der Waals surface area (Å²) in [5, 5.41) is 3.07. The largest absolute Gasteiger partial charge is 0.481 e. The lowest BCUT2D eigenvalue weighted by Crippen LogP contribution is -2.39. The maximum Gasteiger partial charge on any atom is 0.261 e. The molecule has 0 radical (unpaired) electrons. The van der Waals surface area contributed by atoms with Crippen LogP contribution in [0.3, 0.4) is 0 Å². The predicted molar refractivity (Wildman–Crippen MR) is 86.8 cm³/mol. The molecule has 0 fully saturated rings. The Morgan fingerprint density at radius 2 is 1.96 bits per heavy atom. The first kappa shape index (κ1) is 15.5. The fraction of sp³-hybridized carbons (Fsp3) is 0.316. The van der Waals surface area contributed by atoms with Gasteiger partial charge in [-0.15, -0.1) is 0 Å². The normalized spacial score (nSPS) is 17.9. The van der Waals surface area contributed by atoms with Crippen LogP contribution in [0.4, 0.5) is 4.39 Å². The Labute approximate surface area is 135 Å². The average molecular weight is 313 g/mol. The van der Waals surface area contributed by atoms with Gasteiger partial charge >= 0.3 is 0 Å². The van der Waals surface area contributed by atoms with Crippen molar-refractivity contribution in [1.29, 1.82) is 0 Å². The second-order valence-electron chi connectivity index (χ2n) is 5.87. The van der Waals surface area contributed by atoms with E-state index in [9.17, 15) is 9.18 Å². The molecule has 23 heavy (non-hydrogen) atoms. The zero-order valence-electron chi connectivity index (χ0n) is 13.1. The molecule has 2 aromatic rings. The molecular weight excluding hydrogens is 293 g/mol. The van der Waals surface area contributed by atoms with E-state index in [1.807, 2.05) is 12.1 Å². The topological polar surface area (TPSA) is 38.3 Å². The minimum atomic E-state index is -0.630. The van der Waals surface area contributed by atoms with Gasteiger partial charge in [0.25, 0.3) is 5.91 Å². The SMILES string of the molecule is C[C@H](Oc1ccc(F)cc1)C(=O)N[C@H]1CCCc2ccccc21. The number of fused-ring (bicyclic) bond motifs is 1. The first-order valence-electron chi connectivity index (χ1n) is 7.94. The Kier molecular flexibility index (Phi) is 4.60. The van der Waals surface area contributed by atoms with Crippen LogP contribution in [0.5, 0.6) is 5.75 Å². The summed E-state index contributed by atoms with van der Waals surface area (Å²) in [5.41, 5.74) is 2.50. The summed E-state index contributed by atoms with van der Waals surface area (Å²) in [6.07, 6.45) is 2.43. The summed E-state index contributed by atoms with van der Waals surface area (Å²) < 4.78 is 18.5. The summed E-state index contributed by atoms with van der Waals surface area (Å²) in [6.45, 7) is 1.70. The summed E-state index contributed by atoms with van der Waals surface area (Å²) >= 11 is 0. The van der Waals surface area contributed by atoms with E-state index in [-0.39, 0.29) is 17.8 Å². The van der Waals surface area contributed by atoms with E-state index < -0.39 is 6.10 Å². The third-order valence-corrected chi connectivity index (χ3v) is 4.18. The second kappa shape index (κ2) is 6.82. The van der Waals surface area contributed by atoms with Crippen molar-refractivity contribution in [3.05, 3.63) is 65.5 Å². The Morgan fingerprint density at radius 1 is 1.22 bits per heavy atom. The van der Waals surface area contributed by atoms with Gasteiger partial charge in [0.1, 0.15) is 11.6 Å². The molecule has 0 aliphatic heterocycles. The monoisotopic (exact) mass is 313 g/mol. The van der Waals surface area contributed by atoms with Crippen LogP contribution in [0, 0.1) is 5.82 Å². The summed E-state index contributed by atoms with van der Waals surface area (Å²) in [7, 11) is 0. The highest BCUT2D eigenvalue weighted by atomic mass is 19.1. The van der Waals surface area contributed by atoms with Gasteiger partial charge in [0.05, 0.1) is 6.04 Å². The lowest BCUT2D eigenvalue weighted by atomic mass is 9.87. The smallest absolute Gasteiger partial charge is 0.261 e. The second-order valence-corrected chi connectivity index (χ2v) is 5.87. The highest BCUT2D eigenvalue weighted by Crippen LogP contribution is 2.29. The number of carbonyl (C=O) groups excluding carboxylic acids is 1. The first-order valence-corrected chi connectivity index (χ1v) is 7.94. The lowest BCUT2D eigenvalue weighted by molar-refractivity contribution is -0.128.